The van der Waals surface area contributed by atoms with Gasteiger partial charge >= 0.3 is 0 Å². The molecular formula is C15H16ClFINO2. The van der Waals surface area contributed by atoms with Gasteiger partial charge in [0.1, 0.15) is 5.82 Å². The third-order valence-corrected chi connectivity index (χ3v) is 4.80. The molecule has 3 nitrogen and oxygen atoms in total. The van der Waals surface area contributed by atoms with E-state index in [4.69, 9.17) is 16.3 Å². The number of hydrogen-bond acceptors (Lipinski definition) is 2. The van der Waals surface area contributed by atoms with Gasteiger partial charge in [0.2, 0.25) is 5.43 Å². The summed E-state index contributed by atoms with van der Waals surface area (Å²) >= 11 is 7.93. The molecule has 1 heterocycles. The number of benzene rings is 1. The molecule has 21 heavy (non-hydrogen) atoms. The van der Waals surface area contributed by atoms with Gasteiger partial charge in [-0.2, -0.15) is 0 Å². The number of rotatable bonds is 5. The molecule has 0 saturated heterocycles. The number of ether oxygens (including phenoxy) is 1. The van der Waals surface area contributed by atoms with E-state index in [0.717, 1.165) is 16.8 Å². The summed E-state index contributed by atoms with van der Waals surface area (Å²) in [5.74, 6) is -0.164. The third-order valence-electron chi connectivity index (χ3n) is 3.44. The predicted molar refractivity (Wildman–Crippen MR) is 91.6 cm³/mol. The van der Waals surface area contributed by atoms with Crippen molar-refractivity contribution in [1.29, 1.82) is 0 Å². The maximum atomic E-state index is 13.8. The van der Waals surface area contributed by atoms with E-state index in [2.05, 4.69) is 0 Å². The summed E-state index contributed by atoms with van der Waals surface area (Å²) in [6, 6.07) is 2.76. The van der Waals surface area contributed by atoms with Crippen LogP contribution in [0.1, 0.15) is 18.2 Å². The van der Waals surface area contributed by atoms with Crippen LogP contribution in [0.25, 0.3) is 10.9 Å². The summed E-state index contributed by atoms with van der Waals surface area (Å²) in [6.45, 7) is 3.01. The maximum absolute atomic E-state index is 13.8. The van der Waals surface area contributed by atoms with E-state index >= 15 is 0 Å². The van der Waals surface area contributed by atoms with Gasteiger partial charge in [-0.3, -0.25) is 4.79 Å². The minimum absolute atomic E-state index is 0.170. The highest BCUT2D eigenvalue weighted by molar-refractivity contribution is 14.1. The number of aryl methyl sites for hydroxylation is 1. The Hall–Kier alpha value is -0.660. The van der Waals surface area contributed by atoms with Crippen LogP contribution in [-0.4, -0.2) is 17.8 Å². The van der Waals surface area contributed by atoms with Gasteiger partial charge in [-0.05, 0) is 53.6 Å². The zero-order valence-electron chi connectivity index (χ0n) is 11.9. The van der Waals surface area contributed by atoms with Crippen molar-refractivity contribution in [3.8, 4) is 0 Å². The summed E-state index contributed by atoms with van der Waals surface area (Å²) in [6.07, 6.45) is 0.553. The SMILES string of the molecule is CCOCCc1cc(F)cc2c(=O)c(I)c(CCl)n(C)c12. The molecule has 0 radical (unpaired) electrons. The molecule has 0 amide bonds. The van der Waals surface area contributed by atoms with Crippen LogP contribution in [0.3, 0.4) is 0 Å². The predicted octanol–water partition coefficient (Wildman–Crippen LogP) is 3.60. The van der Waals surface area contributed by atoms with Gasteiger partial charge in [-0.1, -0.05) is 0 Å². The number of alkyl halides is 1. The van der Waals surface area contributed by atoms with E-state index in [9.17, 15) is 9.18 Å². The topological polar surface area (TPSA) is 31.2 Å². The number of halogens is 3. The molecular weight excluding hydrogens is 408 g/mol. The quantitative estimate of drug-likeness (QED) is 0.418. The van der Waals surface area contributed by atoms with Crippen molar-refractivity contribution in [2.75, 3.05) is 13.2 Å². The number of fused-ring (bicyclic) bond motifs is 1. The average molecular weight is 424 g/mol. The van der Waals surface area contributed by atoms with Crippen LogP contribution >= 0.6 is 34.2 Å². The highest BCUT2D eigenvalue weighted by Crippen LogP contribution is 2.23. The Kier molecular flexibility index (Phi) is 5.62. The van der Waals surface area contributed by atoms with E-state index < -0.39 is 5.82 Å². The van der Waals surface area contributed by atoms with Crippen molar-refractivity contribution in [3.63, 3.8) is 0 Å². The zero-order chi connectivity index (χ0) is 15.6. The minimum Gasteiger partial charge on any atom is -0.381 e. The fraction of sp³-hybridized carbons (Fsp3) is 0.400. The summed E-state index contributed by atoms with van der Waals surface area (Å²) in [7, 11) is 1.85. The zero-order valence-corrected chi connectivity index (χ0v) is 14.8. The first-order chi connectivity index (χ1) is 10.0. The highest BCUT2D eigenvalue weighted by Gasteiger charge is 2.16. The summed E-state index contributed by atoms with van der Waals surface area (Å²) in [5, 5.41) is 0.391. The molecule has 2 rings (SSSR count). The molecule has 0 aliphatic carbocycles. The number of aromatic nitrogens is 1. The molecule has 0 aliphatic heterocycles. The van der Waals surface area contributed by atoms with E-state index in [1.807, 2.05) is 41.1 Å². The fourth-order valence-electron chi connectivity index (χ4n) is 2.42. The Morgan fingerprint density at radius 1 is 1.43 bits per heavy atom. The molecule has 0 aliphatic rings. The van der Waals surface area contributed by atoms with E-state index in [1.165, 1.54) is 12.1 Å². The van der Waals surface area contributed by atoms with Crippen LogP contribution in [0.2, 0.25) is 0 Å². The normalized spacial score (nSPS) is 11.3. The number of pyridine rings is 1. The largest absolute Gasteiger partial charge is 0.381 e. The second kappa shape index (κ2) is 7.07. The van der Waals surface area contributed by atoms with Gasteiger partial charge < -0.3 is 9.30 Å². The van der Waals surface area contributed by atoms with Crippen molar-refractivity contribution in [2.45, 2.75) is 19.2 Å². The van der Waals surface area contributed by atoms with Gasteiger partial charge in [-0.25, -0.2) is 4.39 Å². The summed E-state index contributed by atoms with van der Waals surface area (Å²) in [4.78, 5) is 12.4. The first-order valence-corrected chi connectivity index (χ1v) is 8.25. The molecule has 1 aromatic carbocycles. The standard InChI is InChI=1S/C15H16ClFINO2/c1-3-21-5-4-9-6-10(17)7-11-14(9)19(2)12(8-16)13(18)15(11)20/h6-7H,3-5,8H2,1-2H3. The lowest BCUT2D eigenvalue weighted by atomic mass is 10.1. The van der Waals surface area contributed by atoms with Gasteiger partial charge in [0.15, 0.2) is 0 Å². The summed E-state index contributed by atoms with van der Waals surface area (Å²) < 4.78 is 21.6. The first kappa shape index (κ1) is 16.7. The Bertz CT molecular complexity index is 730. The Morgan fingerprint density at radius 3 is 2.76 bits per heavy atom. The van der Waals surface area contributed by atoms with Crippen molar-refractivity contribution in [2.24, 2.45) is 7.05 Å². The van der Waals surface area contributed by atoms with E-state index in [0.29, 0.717) is 28.6 Å². The van der Waals surface area contributed by atoms with Crippen molar-refractivity contribution >= 4 is 45.1 Å². The molecule has 0 atom stereocenters. The lowest BCUT2D eigenvalue weighted by Gasteiger charge is -2.16. The lowest BCUT2D eigenvalue weighted by molar-refractivity contribution is 0.151. The average Bonchev–Trinajstić information content (AvgIpc) is 2.45. The fourth-order valence-corrected chi connectivity index (χ4v) is 3.80. The smallest absolute Gasteiger partial charge is 0.203 e. The van der Waals surface area contributed by atoms with Gasteiger partial charge in [0, 0.05) is 19.0 Å². The molecule has 114 valence electrons. The molecule has 0 fully saturated rings. The highest BCUT2D eigenvalue weighted by atomic mass is 127. The van der Waals surface area contributed by atoms with Crippen LogP contribution in [0.4, 0.5) is 4.39 Å². The minimum atomic E-state index is -0.402. The first-order valence-electron chi connectivity index (χ1n) is 6.64. The molecule has 0 unspecified atom stereocenters. The molecule has 6 heteroatoms. The molecule has 0 saturated carbocycles. The van der Waals surface area contributed by atoms with Crippen molar-refractivity contribution in [1.82, 2.24) is 4.57 Å². The van der Waals surface area contributed by atoms with Gasteiger partial charge in [-0.15, -0.1) is 11.6 Å². The van der Waals surface area contributed by atoms with Crippen LogP contribution in [-0.2, 0) is 24.1 Å². The molecule has 0 N–H and O–H groups in total. The van der Waals surface area contributed by atoms with Crippen LogP contribution in [0.15, 0.2) is 16.9 Å². The van der Waals surface area contributed by atoms with E-state index in [1.54, 1.807) is 0 Å². The van der Waals surface area contributed by atoms with Gasteiger partial charge in [0.25, 0.3) is 0 Å². The maximum Gasteiger partial charge on any atom is 0.203 e. The van der Waals surface area contributed by atoms with Crippen LogP contribution in [0.5, 0.6) is 0 Å². The Balaban J connectivity index is 2.74. The van der Waals surface area contributed by atoms with Gasteiger partial charge in [0.05, 0.1) is 27.3 Å². The van der Waals surface area contributed by atoms with Crippen LogP contribution < -0.4 is 5.43 Å². The Labute approximate surface area is 141 Å². The van der Waals surface area contributed by atoms with Crippen molar-refractivity contribution in [3.05, 3.63) is 43.0 Å². The number of hydrogen-bond donors (Lipinski definition) is 0. The monoisotopic (exact) mass is 423 g/mol. The molecule has 0 bridgehead atoms. The second-order valence-corrected chi connectivity index (χ2v) is 6.04. The number of nitrogens with zero attached hydrogens (tertiary/aromatic N) is 1. The second-order valence-electron chi connectivity index (χ2n) is 4.69. The lowest BCUT2D eigenvalue weighted by Crippen LogP contribution is -2.18. The molecule has 1 aromatic heterocycles. The van der Waals surface area contributed by atoms with Crippen LogP contribution in [0, 0.1) is 9.39 Å². The molecule has 2 aromatic rings. The third kappa shape index (κ3) is 3.24. The van der Waals surface area contributed by atoms with Crippen molar-refractivity contribution < 1.29 is 9.13 Å². The summed E-state index contributed by atoms with van der Waals surface area (Å²) in [5.41, 5.74) is 2.08. The van der Waals surface area contributed by atoms with E-state index in [-0.39, 0.29) is 11.3 Å². The Morgan fingerprint density at radius 2 is 2.14 bits per heavy atom. The molecule has 0 spiro atoms.